The van der Waals surface area contributed by atoms with Crippen molar-refractivity contribution in [3.63, 3.8) is 0 Å². The summed E-state index contributed by atoms with van der Waals surface area (Å²) < 4.78 is 5.65. The summed E-state index contributed by atoms with van der Waals surface area (Å²) in [5, 5.41) is 4.27. The molecule has 1 atom stereocenters. The maximum Gasteiger partial charge on any atom is 0.119 e. The van der Waals surface area contributed by atoms with Crippen molar-refractivity contribution in [2.45, 2.75) is 19.4 Å². The molecule has 0 fully saturated rings. The smallest absolute Gasteiger partial charge is 0.119 e. The summed E-state index contributed by atoms with van der Waals surface area (Å²) in [7, 11) is 0. The largest absolute Gasteiger partial charge is 0.494 e. The van der Waals surface area contributed by atoms with Crippen molar-refractivity contribution in [2.24, 2.45) is 0 Å². The first-order valence-corrected chi connectivity index (χ1v) is 7.31. The van der Waals surface area contributed by atoms with Crippen molar-refractivity contribution in [1.82, 2.24) is 5.32 Å². The van der Waals surface area contributed by atoms with Gasteiger partial charge in [-0.25, -0.2) is 0 Å². The third kappa shape index (κ3) is 4.55. The minimum absolute atomic E-state index is 0.250. The maximum absolute atomic E-state index is 6.17. The van der Waals surface area contributed by atoms with Crippen molar-refractivity contribution in [1.29, 1.82) is 0 Å². The first-order valence-electron chi connectivity index (χ1n) is 6.93. The number of hydrogen-bond donors (Lipinski definition) is 1. The van der Waals surface area contributed by atoms with Crippen molar-refractivity contribution in [3.8, 4) is 5.75 Å². The second-order valence-electron chi connectivity index (χ2n) is 4.71. The zero-order valence-corrected chi connectivity index (χ0v) is 12.4. The molecule has 2 aromatic rings. The number of halogens is 1. The van der Waals surface area contributed by atoms with E-state index in [4.69, 9.17) is 16.3 Å². The van der Waals surface area contributed by atoms with Gasteiger partial charge < -0.3 is 10.1 Å². The minimum Gasteiger partial charge on any atom is -0.494 e. The fraction of sp³-hybridized carbons (Fsp3) is 0.294. The molecular weight excluding hydrogens is 270 g/mol. The van der Waals surface area contributed by atoms with Gasteiger partial charge in [-0.1, -0.05) is 48.0 Å². The highest BCUT2D eigenvalue weighted by Crippen LogP contribution is 2.21. The lowest BCUT2D eigenvalue weighted by atomic mass is 10.1. The van der Waals surface area contributed by atoms with E-state index >= 15 is 0 Å². The molecule has 0 saturated heterocycles. The molecule has 0 aromatic heterocycles. The van der Waals surface area contributed by atoms with Crippen LogP contribution < -0.4 is 10.1 Å². The second-order valence-corrected chi connectivity index (χ2v) is 5.12. The van der Waals surface area contributed by atoms with Crippen LogP contribution in [0.5, 0.6) is 5.75 Å². The first kappa shape index (κ1) is 14.9. The van der Waals surface area contributed by atoms with Gasteiger partial charge in [0.25, 0.3) is 0 Å². The molecule has 1 N–H and O–H groups in total. The topological polar surface area (TPSA) is 21.3 Å². The lowest BCUT2D eigenvalue weighted by molar-refractivity contribution is 0.305. The zero-order valence-electron chi connectivity index (χ0n) is 11.7. The minimum atomic E-state index is 0.250. The van der Waals surface area contributed by atoms with E-state index in [0.717, 1.165) is 29.3 Å². The van der Waals surface area contributed by atoms with Gasteiger partial charge in [0.15, 0.2) is 0 Å². The van der Waals surface area contributed by atoms with Crippen molar-refractivity contribution in [2.75, 3.05) is 13.2 Å². The number of para-hydroxylation sites is 1. The van der Waals surface area contributed by atoms with E-state index in [2.05, 4.69) is 18.3 Å². The maximum atomic E-state index is 6.17. The Morgan fingerprint density at radius 1 is 1.05 bits per heavy atom. The van der Waals surface area contributed by atoms with Gasteiger partial charge in [0.1, 0.15) is 5.75 Å². The van der Waals surface area contributed by atoms with Gasteiger partial charge >= 0.3 is 0 Å². The van der Waals surface area contributed by atoms with Crippen LogP contribution in [0.3, 0.4) is 0 Å². The van der Waals surface area contributed by atoms with Crippen LogP contribution in [0.2, 0.25) is 5.02 Å². The van der Waals surface area contributed by atoms with Crippen LogP contribution in [0.1, 0.15) is 24.9 Å². The number of hydrogen-bond acceptors (Lipinski definition) is 2. The molecule has 0 radical (unpaired) electrons. The first-order chi connectivity index (χ1) is 9.77. The van der Waals surface area contributed by atoms with Gasteiger partial charge in [-0.15, -0.1) is 0 Å². The van der Waals surface area contributed by atoms with Crippen LogP contribution in [0.15, 0.2) is 54.6 Å². The zero-order chi connectivity index (χ0) is 14.2. The summed E-state index contributed by atoms with van der Waals surface area (Å²) in [5.41, 5.74) is 1.14. The molecule has 0 heterocycles. The van der Waals surface area contributed by atoms with Crippen LogP contribution in [0, 0.1) is 0 Å². The van der Waals surface area contributed by atoms with Crippen LogP contribution in [0.4, 0.5) is 0 Å². The highest BCUT2D eigenvalue weighted by Gasteiger charge is 2.07. The van der Waals surface area contributed by atoms with Crippen molar-refractivity contribution < 1.29 is 4.74 Å². The molecular formula is C17H20ClNO. The molecule has 0 aliphatic rings. The lowest BCUT2D eigenvalue weighted by Crippen LogP contribution is -2.21. The Morgan fingerprint density at radius 3 is 2.50 bits per heavy atom. The van der Waals surface area contributed by atoms with Gasteiger partial charge in [0, 0.05) is 11.1 Å². The lowest BCUT2D eigenvalue weighted by Gasteiger charge is -2.15. The van der Waals surface area contributed by atoms with Crippen LogP contribution in [-0.4, -0.2) is 13.2 Å². The fourth-order valence-corrected chi connectivity index (χ4v) is 2.33. The molecule has 0 bridgehead atoms. The Kier molecular flexibility index (Phi) is 5.90. The molecule has 0 aliphatic heterocycles. The highest BCUT2D eigenvalue weighted by atomic mass is 35.5. The molecule has 0 spiro atoms. The predicted octanol–water partition coefficient (Wildman–Crippen LogP) is 4.46. The molecule has 3 heteroatoms. The van der Waals surface area contributed by atoms with E-state index in [1.165, 1.54) is 0 Å². The quantitative estimate of drug-likeness (QED) is 0.760. The molecule has 0 amide bonds. The van der Waals surface area contributed by atoms with E-state index in [1.54, 1.807) is 0 Å². The van der Waals surface area contributed by atoms with Gasteiger partial charge in [-0.3, -0.25) is 0 Å². The van der Waals surface area contributed by atoms with E-state index in [0.29, 0.717) is 6.61 Å². The molecule has 20 heavy (non-hydrogen) atoms. The highest BCUT2D eigenvalue weighted by molar-refractivity contribution is 6.31. The normalized spacial score (nSPS) is 12.1. The predicted molar refractivity (Wildman–Crippen MR) is 84.4 cm³/mol. The Hall–Kier alpha value is -1.51. The molecule has 1 unspecified atom stereocenters. The number of ether oxygens (including phenoxy) is 1. The summed E-state index contributed by atoms with van der Waals surface area (Å²) >= 11 is 6.17. The Balaban J connectivity index is 1.67. The summed E-state index contributed by atoms with van der Waals surface area (Å²) in [6, 6.07) is 18.1. The Morgan fingerprint density at radius 2 is 1.75 bits per heavy atom. The van der Waals surface area contributed by atoms with Crippen molar-refractivity contribution in [3.05, 3.63) is 65.2 Å². The summed E-state index contributed by atoms with van der Waals surface area (Å²) in [6.45, 7) is 3.74. The van der Waals surface area contributed by atoms with Crippen LogP contribution in [-0.2, 0) is 0 Å². The van der Waals surface area contributed by atoms with Gasteiger partial charge in [0.2, 0.25) is 0 Å². The summed E-state index contributed by atoms with van der Waals surface area (Å²) in [5.74, 6) is 0.923. The van der Waals surface area contributed by atoms with E-state index in [1.807, 2.05) is 48.5 Å². The molecule has 0 aliphatic carbocycles. The van der Waals surface area contributed by atoms with Crippen molar-refractivity contribution >= 4 is 11.6 Å². The van der Waals surface area contributed by atoms with Crippen LogP contribution in [0.25, 0.3) is 0 Å². The average molecular weight is 290 g/mol. The Labute approximate surface area is 125 Å². The standard InChI is InChI=1S/C17H20ClNO/c1-14(16-10-5-6-11-17(16)18)19-12-7-13-20-15-8-3-2-4-9-15/h2-6,8-11,14,19H,7,12-13H2,1H3. The molecule has 106 valence electrons. The van der Waals surface area contributed by atoms with Crippen LogP contribution >= 0.6 is 11.6 Å². The third-order valence-corrected chi connectivity index (χ3v) is 3.50. The van der Waals surface area contributed by atoms with E-state index < -0.39 is 0 Å². The van der Waals surface area contributed by atoms with Gasteiger partial charge in [-0.05, 0) is 43.7 Å². The monoisotopic (exact) mass is 289 g/mol. The SMILES string of the molecule is CC(NCCCOc1ccccc1)c1ccccc1Cl. The van der Waals surface area contributed by atoms with E-state index in [9.17, 15) is 0 Å². The third-order valence-electron chi connectivity index (χ3n) is 3.16. The molecule has 2 nitrogen and oxygen atoms in total. The molecule has 2 aromatic carbocycles. The van der Waals surface area contributed by atoms with Gasteiger partial charge in [0.05, 0.1) is 6.61 Å². The number of nitrogens with one attached hydrogen (secondary N) is 1. The van der Waals surface area contributed by atoms with Gasteiger partial charge in [-0.2, -0.15) is 0 Å². The number of rotatable bonds is 7. The molecule has 2 rings (SSSR count). The summed E-state index contributed by atoms with van der Waals surface area (Å²) in [4.78, 5) is 0. The second kappa shape index (κ2) is 7.93. The Bertz CT molecular complexity index is 515. The average Bonchev–Trinajstić information content (AvgIpc) is 2.48. The number of benzene rings is 2. The van der Waals surface area contributed by atoms with E-state index in [-0.39, 0.29) is 6.04 Å². The fourth-order valence-electron chi connectivity index (χ4n) is 2.03. The molecule has 0 saturated carbocycles. The summed E-state index contributed by atoms with van der Waals surface area (Å²) in [6.07, 6.45) is 0.962.